The van der Waals surface area contributed by atoms with Crippen molar-refractivity contribution in [1.82, 2.24) is 4.57 Å². The summed E-state index contributed by atoms with van der Waals surface area (Å²) in [6.07, 6.45) is 6.32. The van der Waals surface area contributed by atoms with Crippen LogP contribution in [0.3, 0.4) is 0 Å². The molecule has 2 heterocycles. The summed E-state index contributed by atoms with van der Waals surface area (Å²) in [5.74, 6) is 0.550. The number of aromatic nitrogens is 1. The van der Waals surface area contributed by atoms with Crippen molar-refractivity contribution in [3.8, 4) is 0 Å². The van der Waals surface area contributed by atoms with E-state index >= 15 is 0 Å². The predicted molar refractivity (Wildman–Crippen MR) is 57.3 cm³/mol. The summed E-state index contributed by atoms with van der Waals surface area (Å²) in [4.78, 5) is 0. The first-order valence-corrected chi connectivity index (χ1v) is 4.79. The Kier molecular flexibility index (Phi) is 2.74. The number of hydrogen-bond donors (Lipinski definition) is 1. The lowest BCUT2D eigenvalue weighted by atomic mass is 10.1. The van der Waals surface area contributed by atoms with Gasteiger partial charge in [0.1, 0.15) is 11.9 Å². The molecule has 0 aromatic carbocycles. The van der Waals surface area contributed by atoms with E-state index in [0.29, 0.717) is 5.76 Å². The van der Waals surface area contributed by atoms with Crippen molar-refractivity contribution >= 4 is 0 Å². The molecule has 78 valence electrons. The van der Waals surface area contributed by atoms with Gasteiger partial charge in [0.2, 0.25) is 0 Å². The van der Waals surface area contributed by atoms with E-state index in [1.165, 1.54) is 0 Å². The first-order chi connectivity index (χ1) is 7.33. The van der Waals surface area contributed by atoms with Gasteiger partial charge < -0.3 is 14.1 Å². The van der Waals surface area contributed by atoms with Gasteiger partial charge in [-0.15, -0.1) is 6.58 Å². The van der Waals surface area contributed by atoms with Gasteiger partial charge in [0, 0.05) is 12.4 Å². The highest BCUT2D eigenvalue weighted by Gasteiger charge is 2.20. The van der Waals surface area contributed by atoms with Crippen LogP contribution in [0.1, 0.15) is 17.9 Å². The minimum Gasteiger partial charge on any atom is -0.466 e. The molecule has 2 atom stereocenters. The largest absolute Gasteiger partial charge is 0.466 e. The van der Waals surface area contributed by atoms with Gasteiger partial charge in [-0.25, -0.2) is 0 Å². The minimum atomic E-state index is -0.704. The highest BCUT2D eigenvalue weighted by atomic mass is 16.4. The molecule has 0 aliphatic carbocycles. The van der Waals surface area contributed by atoms with E-state index in [1.54, 1.807) is 24.5 Å². The zero-order chi connectivity index (χ0) is 10.7. The van der Waals surface area contributed by atoms with Crippen LogP contribution in [0, 0.1) is 0 Å². The van der Waals surface area contributed by atoms with E-state index < -0.39 is 6.10 Å². The number of hydrogen-bond acceptors (Lipinski definition) is 2. The molecule has 3 heteroatoms. The standard InChI is InChI=1S/C12H13NO2/c1-2-10(13-7-3-4-8-13)12(14)11-6-5-9-15-11/h2-10,12,14H,1H2/t10-,12+/m0/s1. The van der Waals surface area contributed by atoms with Gasteiger partial charge in [-0.3, -0.25) is 0 Å². The third-order valence-corrected chi connectivity index (χ3v) is 2.37. The number of rotatable bonds is 4. The average Bonchev–Trinajstić information content (AvgIpc) is 2.91. The van der Waals surface area contributed by atoms with Crippen molar-refractivity contribution < 1.29 is 9.52 Å². The molecule has 0 spiro atoms. The molecule has 0 aliphatic rings. The van der Waals surface area contributed by atoms with E-state index in [9.17, 15) is 5.11 Å². The van der Waals surface area contributed by atoms with Crippen LogP contribution in [0.15, 0.2) is 60.0 Å². The summed E-state index contributed by atoms with van der Waals surface area (Å²) in [6, 6.07) is 7.13. The monoisotopic (exact) mass is 203 g/mol. The predicted octanol–water partition coefficient (Wildman–Crippen LogP) is 2.54. The Labute approximate surface area is 88.3 Å². The van der Waals surface area contributed by atoms with Crippen LogP contribution in [0.5, 0.6) is 0 Å². The summed E-state index contributed by atoms with van der Waals surface area (Å²) in [7, 11) is 0. The van der Waals surface area contributed by atoms with Crippen molar-refractivity contribution in [2.75, 3.05) is 0 Å². The molecule has 15 heavy (non-hydrogen) atoms. The van der Waals surface area contributed by atoms with Gasteiger partial charge in [0.15, 0.2) is 0 Å². The smallest absolute Gasteiger partial charge is 0.136 e. The zero-order valence-electron chi connectivity index (χ0n) is 8.28. The van der Waals surface area contributed by atoms with Crippen molar-refractivity contribution in [2.24, 2.45) is 0 Å². The molecule has 0 amide bonds. The van der Waals surface area contributed by atoms with Crippen LogP contribution < -0.4 is 0 Å². The number of furan rings is 1. The average molecular weight is 203 g/mol. The molecule has 0 saturated heterocycles. The highest BCUT2D eigenvalue weighted by molar-refractivity contribution is 5.09. The molecule has 2 aromatic heterocycles. The van der Waals surface area contributed by atoms with E-state index in [-0.39, 0.29) is 6.04 Å². The Morgan fingerprint density at radius 3 is 2.60 bits per heavy atom. The summed E-state index contributed by atoms with van der Waals surface area (Å²) >= 11 is 0. The lowest BCUT2D eigenvalue weighted by Gasteiger charge is -2.19. The second-order valence-electron chi connectivity index (χ2n) is 3.32. The normalized spacial score (nSPS) is 14.7. The Bertz CT molecular complexity index is 403. The zero-order valence-corrected chi connectivity index (χ0v) is 8.28. The summed E-state index contributed by atoms with van der Waals surface area (Å²) in [5, 5.41) is 10.1. The Hall–Kier alpha value is -1.74. The SMILES string of the molecule is C=C[C@@H]([C@@H](O)c1ccco1)n1cccc1. The molecule has 0 unspecified atom stereocenters. The minimum absolute atomic E-state index is 0.203. The van der Waals surface area contributed by atoms with Crippen molar-refractivity contribution in [3.05, 3.63) is 61.3 Å². The molecule has 0 bridgehead atoms. The van der Waals surface area contributed by atoms with Gasteiger partial charge in [0.05, 0.1) is 12.3 Å². The third kappa shape index (κ3) is 1.87. The molecule has 2 aromatic rings. The van der Waals surface area contributed by atoms with E-state index in [2.05, 4.69) is 6.58 Å². The summed E-state index contributed by atoms with van der Waals surface area (Å²) in [5.41, 5.74) is 0. The number of nitrogens with zero attached hydrogens (tertiary/aromatic N) is 1. The lowest BCUT2D eigenvalue weighted by Crippen LogP contribution is -2.13. The van der Waals surface area contributed by atoms with E-state index in [0.717, 1.165) is 0 Å². The van der Waals surface area contributed by atoms with Gasteiger partial charge in [-0.1, -0.05) is 6.08 Å². The van der Waals surface area contributed by atoms with Crippen LogP contribution in [0.25, 0.3) is 0 Å². The fraction of sp³-hybridized carbons (Fsp3) is 0.167. The maximum absolute atomic E-state index is 10.1. The Balaban J connectivity index is 2.24. The van der Waals surface area contributed by atoms with Crippen molar-refractivity contribution in [2.45, 2.75) is 12.1 Å². The number of aliphatic hydroxyl groups excluding tert-OH is 1. The summed E-state index contributed by atoms with van der Waals surface area (Å²) < 4.78 is 7.05. The molecular weight excluding hydrogens is 190 g/mol. The van der Waals surface area contributed by atoms with Crippen molar-refractivity contribution in [1.29, 1.82) is 0 Å². The maximum Gasteiger partial charge on any atom is 0.136 e. The van der Waals surface area contributed by atoms with Crippen LogP contribution in [-0.2, 0) is 0 Å². The molecule has 0 fully saturated rings. The van der Waals surface area contributed by atoms with Gasteiger partial charge in [-0.2, -0.15) is 0 Å². The van der Waals surface area contributed by atoms with Crippen LogP contribution in [0.2, 0.25) is 0 Å². The Morgan fingerprint density at radius 1 is 1.33 bits per heavy atom. The fourth-order valence-electron chi connectivity index (χ4n) is 1.59. The first-order valence-electron chi connectivity index (χ1n) is 4.79. The van der Waals surface area contributed by atoms with Crippen molar-refractivity contribution in [3.63, 3.8) is 0 Å². The van der Waals surface area contributed by atoms with Gasteiger partial charge in [0.25, 0.3) is 0 Å². The topological polar surface area (TPSA) is 38.3 Å². The van der Waals surface area contributed by atoms with Gasteiger partial charge >= 0.3 is 0 Å². The molecule has 0 aliphatic heterocycles. The molecule has 0 radical (unpaired) electrons. The number of aliphatic hydroxyl groups is 1. The van der Waals surface area contributed by atoms with Crippen LogP contribution in [-0.4, -0.2) is 9.67 Å². The molecule has 1 N–H and O–H groups in total. The lowest BCUT2D eigenvalue weighted by molar-refractivity contribution is 0.111. The first kappa shape index (κ1) is 9.80. The molecule has 0 saturated carbocycles. The fourth-order valence-corrected chi connectivity index (χ4v) is 1.59. The quantitative estimate of drug-likeness (QED) is 0.775. The van der Waals surface area contributed by atoms with Crippen LogP contribution >= 0.6 is 0 Å². The second kappa shape index (κ2) is 4.19. The van der Waals surface area contributed by atoms with E-state index in [4.69, 9.17) is 4.42 Å². The molecular formula is C12H13NO2. The summed E-state index contributed by atoms with van der Waals surface area (Å²) in [6.45, 7) is 3.73. The van der Waals surface area contributed by atoms with E-state index in [1.807, 2.05) is 29.1 Å². The Morgan fingerprint density at radius 2 is 2.07 bits per heavy atom. The maximum atomic E-state index is 10.1. The molecule has 3 nitrogen and oxygen atoms in total. The third-order valence-electron chi connectivity index (χ3n) is 2.37. The molecule has 2 rings (SSSR count). The van der Waals surface area contributed by atoms with Gasteiger partial charge in [-0.05, 0) is 24.3 Å². The highest BCUT2D eigenvalue weighted by Crippen LogP contribution is 2.27. The second-order valence-corrected chi connectivity index (χ2v) is 3.32. The van der Waals surface area contributed by atoms with Crippen LogP contribution in [0.4, 0.5) is 0 Å².